The van der Waals surface area contributed by atoms with Gasteiger partial charge >= 0.3 is 0 Å². The Bertz CT molecular complexity index is 232. The predicted molar refractivity (Wildman–Crippen MR) is 52.1 cm³/mol. The Morgan fingerprint density at radius 2 is 2.38 bits per heavy atom. The van der Waals surface area contributed by atoms with Crippen LogP contribution in [0.15, 0.2) is 0 Å². The van der Waals surface area contributed by atoms with Crippen molar-refractivity contribution in [1.82, 2.24) is 9.80 Å². The summed E-state index contributed by atoms with van der Waals surface area (Å²) < 4.78 is 0. The van der Waals surface area contributed by atoms with Crippen molar-refractivity contribution < 1.29 is 4.79 Å². The number of hydrogen-bond donors (Lipinski definition) is 0. The van der Waals surface area contributed by atoms with Crippen LogP contribution in [0.4, 0.5) is 0 Å². The fourth-order valence-corrected chi connectivity index (χ4v) is 1.57. The van der Waals surface area contributed by atoms with Crippen molar-refractivity contribution in [3.8, 4) is 12.3 Å². The van der Waals surface area contributed by atoms with E-state index in [-0.39, 0.29) is 5.91 Å². The molecular weight excluding hydrogens is 164 g/mol. The van der Waals surface area contributed by atoms with Gasteiger partial charge in [-0.3, -0.25) is 9.69 Å². The molecule has 1 unspecified atom stereocenters. The Hall–Kier alpha value is -1.01. The number of terminal acetylenes is 1. The zero-order valence-corrected chi connectivity index (χ0v) is 8.29. The van der Waals surface area contributed by atoms with E-state index in [0.29, 0.717) is 12.6 Å². The molecule has 1 rings (SSSR count). The van der Waals surface area contributed by atoms with Crippen LogP contribution >= 0.6 is 0 Å². The van der Waals surface area contributed by atoms with Gasteiger partial charge in [-0.2, -0.15) is 0 Å². The number of likely N-dealkylation sites (N-methyl/N-ethyl adjacent to an activating group) is 1. The van der Waals surface area contributed by atoms with Crippen molar-refractivity contribution in [2.45, 2.75) is 19.4 Å². The Morgan fingerprint density at radius 1 is 1.69 bits per heavy atom. The third-order valence-electron chi connectivity index (χ3n) is 2.47. The summed E-state index contributed by atoms with van der Waals surface area (Å²) in [6.45, 7) is 4.28. The normalized spacial score (nSPS) is 24.5. The first-order valence-electron chi connectivity index (χ1n) is 4.56. The first kappa shape index (κ1) is 10.1. The average Bonchev–Trinajstić information content (AvgIpc) is 2.09. The number of rotatable bonds is 2. The molecule has 3 heteroatoms. The highest BCUT2D eigenvalue weighted by Gasteiger charge is 2.26. The van der Waals surface area contributed by atoms with Gasteiger partial charge < -0.3 is 4.90 Å². The first-order chi connectivity index (χ1) is 6.15. The van der Waals surface area contributed by atoms with E-state index in [2.05, 4.69) is 17.7 Å². The van der Waals surface area contributed by atoms with E-state index < -0.39 is 0 Å². The van der Waals surface area contributed by atoms with Crippen molar-refractivity contribution in [3.05, 3.63) is 0 Å². The Labute approximate surface area is 79.7 Å². The second kappa shape index (κ2) is 4.29. The molecule has 1 amide bonds. The maximum absolute atomic E-state index is 11.3. The van der Waals surface area contributed by atoms with Gasteiger partial charge in [0.25, 0.3) is 0 Å². The molecule has 1 atom stereocenters. The fourth-order valence-electron chi connectivity index (χ4n) is 1.57. The van der Waals surface area contributed by atoms with Gasteiger partial charge in [-0.15, -0.1) is 12.3 Å². The molecule has 1 saturated heterocycles. The van der Waals surface area contributed by atoms with Crippen molar-refractivity contribution in [2.75, 3.05) is 26.7 Å². The monoisotopic (exact) mass is 180 g/mol. The van der Waals surface area contributed by atoms with E-state index in [9.17, 15) is 4.79 Å². The van der Waals surface area contributed by atoms with Crippen LogP contribution < -0.4 is 0 Å². The van der Waals surface area contributed by atoms with E-state index >= 15 is 0 Å². The number of amides is 1. The molecule has 1 fully saturated rings. The standard InChI is InChI=1S/C10H16N2O/c1-4-5-6-12-8-10(13)11(3)7-9(12)2/h1,9H,5-8H2,2-3H3. The number of hydrogen-bond acceptors (Lipinski definition) is 2. The molecule has 0 aromatic heterocycles. The van der Waals surface area contributed by atoms with Crippen LogP contribution in [0.5, 0.6) is 0 Å². The van der Waals surface area contributed by atoms with Gasteiger partial charge in [-0.05, 0) is 6.92 Å². The number of carbonyl (C=O) groups is 1. The molecule has 1 heterocycles. The molecule has 0 aromatic carbocycles. The lowest BCUT2D eigenvalue weighted by atomic mass is 10.2. The molecule has 0 aliphatic carbocycles. The SMILES string of the molecule is C#CCCN1CC(=O)N(C)CC1C. The highest BCUT2D eigenvalue weighted by molar-refractivity contribution is 5.78. The average molecular weight is 180 g/mol. The molecule has 0 N–H and O–H groups in total. The molecule has 0 radical (unpaired) electrons. The Balaban J connectivity index is 2.47. The number of carbonyl (C=O) groups excluding carboxylic acids is 1. The van der Waals surface area contributed by atoms with E-state index in [1.807, 2.05) is 7.05 Å². The van der Waals surface area contributed by atoms with Crippen LogP contribution in [0.3, 0.4) is 0 Å². The summed E-state index contributed by atoms with van der Waals surface area (Å²) in [5, 5.41) is 0. The molecule has 0 spiro atoms. The van der Waals surface area contributed by atoms with Gasteiger partial charge in [0, 0.05) is 32.6 Å². The summed E-state index contributed by atoms with van der Waals surface area (Å²) in [6, 6.07) is 0.427. The smallest absolute Gasteiger partial charge is 0.236 e. The van der Waals surface area contributed by atoms with E-state index in [0.717, 1.165) is 19.5 Å². The van der Waals surface area contributed by atoms with Crippen LogP contribution in [-0.2, 0) is 4.79 Å². The minimum absolute atomic E-state index is 0.190. The number of piperazine rings is 1. The molecule has 1 aliphatic rings. The third-order valence-corrected chi connectivity index (χ3v) is 2.47. The second-order valence-corrected chi connectivity index (χ2v) is 3.55. The first-order valence-corrected chi connectivity index (χ1v) is 4.56. The van der Waals surface area contributed by atoms with E-state index in [1.54, 1.807) is 4.90 Å². The topological polar surface area (TPSA) is 23.6 Å². The molecule has 0 bridgehead atoms. The zero-order chi connectivity index (χ0) is 9.84. The summed E-state index contributed by atoms with van der Waals surface area (Å²) in [5.74, 6) is 2.78. The van der Waals surface area contributed by atoms with Crippen molar-refractivity contribution in [3.63, 3.8) is 0 Å². The largest absolute Gasteiger partial charge is 0.343 e. The van der Waals surface area contributed by atoms with Crippen molar-refractivity contribution in [2.24, 2.45) is 0 Å². The van der Waals surface area contributed by atoms with Crippen LogP contribution in [0.25, 0.3) is 0 Å². The third kappa shape index (κ3) is 2.46. The maximum atomic E-state index is 11.3. The molecule has 0 aromatic rings. The van der Waals surface area contributed by atoms with Gasteiger partial charge in [0.2, 0.25) is 5.91 Å². The maximum Gasteiger partial charge on any atom is 0.236 e. The van der Waals surface area contributed by atoms with Gasteiger partial charge in [0.15, 0.2) is 0 Å². The summed E-state index contributed by atoms with van der Waals surface area (Å²) in [7, 11) is 1.84. The molecule has 72 valence electrons. The van der Waals surface area contributed by atoms with Crippen LogP contribution in [0.1, 0.15) is 13.3 Å². The summed E-state index contributed by atoms with van der Waals surface area (Å²) in [6.07, 6.45) is 5.90. The van der Waals surface area contributed by atoms with Gasteiger partial charge in [0.05, 0.1) is 6.54 Å². The van der Waals surface area contributed by atoms with Crippen molar-refractivity contribution >= 4 is 5.91 Å². The molecule has 1 aliphatic heterocycles. The highest BCUT2D eigenvalue weighted by atomic mass is 16.2. The summed E-state index contributed by atoms with van der Waals surface area (Å²) in [5.41, 5.74) is 0. The van der Waals surface area contributed by atoms with Crippen LogP contribution in [0, 0.1) is 12.3 Å². The lowest BCUT2D eigenvalue weighted by Gasteiger charge is -2.37. The number of nitrogens with zero attached hydrogens (tertiary/aromatic N) is 2. The Morgan fingerprint density at radius 3 is 3.00 bits per heavy atom. The minimum atomic E-state index is 0.190. The highest BCUT2D eigenvalue weighted by Crippen LogP contribution is 2.08. The molecule has 3 nitrogen and oxygen atoms in total. The van der Waals surface area contributed by atoms with Gasteiger partial charge in [-0.25, -0.2) is 0 Å². The van der Waals surface area contributed by atoms with Crippen LogP contribution in [0.2, 0.25) is 0 Å². The fraction of sp³-hybridized carbons (Fsp3) is 0.700. The van der Waals surface area contributed by atoms with E-state index in [4.69, 9.17) is 6.42 Å². The minimum Gasteiger partial charge on any atom is -0.343 e. The quantitative estimate of drug-likeness (QED) is 0.566. The van der Waals surface area contributed by atoms with Gasteiger partial charge in [0.1, 0.15) is 0 Å². The molecule has 0 saturated carbocycles. The van der Waals surface area contributed by atoms with E-state index in [1.165, 1.54) is 0 Å². The second-order valence-electron chi connectivity index (χ2n) is 3.55. The molecular formula is C10H16N2O. The van der Waals surface area contributed by atoms with Crippen molar-refractivity contribution in [1.29, 1.82) is 0 Å². The summed E-state index contributed by atoms with van der Waals surface area (Å²) >= 11 is 0. The lowest BCUT2D eigenvalue weighted by Crippen LogP contribution is -2.53. The van der Waals surface area contributed by atoms with Gasteiger partial charge in [-0.1, -0.05) is 0 Å². The van der Waals surface area contributed by atoms with Crippen LogP contribution in [-0.4, -0.2) is 48.4 Å². The Kier molecular flexibility index (Phi) is 3.32. The lowest BCUT2D eigenvalue weighted by molar-refractivity contribution is -0.136. The summed E-state index contributed by atoms with van der Waals surface area (Å²) in [4.78, 5) is 15.3. The predicted octanol–water partition coefficient (Wildman–Crippen LogP) is 0.172. The molecule has 13 heavy (non-hydrogen) atoms. The zero-order valence-electron chi connectivity index (χ0n) is 8.29.